The molecule has 0 fully saturated rings. The van der Waals surface area contributed by atoms with Gasteiger partial charge in [-0.2, -0.15) is 0 Å². The van der Waals surface area contributed by atoms with Crippen molar-refractivity contribution in [1.29, 1.82) is 0 Å². The van der Waals surface area contributed by atoms with E-state index in [0.29, 0.717) is 5.89 Å². The van der Waals surface area contributed by atoms with E-state index in [9.17, 15) is 0 Å². The van der Waals surface area contributed by atoms with E-state index in [4.69, 9.17) is 4.42 Å². The van der Waals surface area contributed by atoms with E-state index >= 15 is 0 Å². The molecule has 1 rings (SSSR count). The van der Waals surface area contributed by atoms with Crippen LogP contribution >= 0.6 is 0 Å². The lowest BCUT2D eigenvalue weighted by Gasteiger charge is -1.87. The van der Waals surface area contributed by atoms with Gasteiger partial charge in [-0.3, -0.25) is 0 Å². The summed E-state index contributed by atoms with van der Waals surface area (Å²) in [5, 5.41) is 0. The monoisotopic (exact) mass is 123 g/mol. The van der Waals surface area contributed by atoms with Crippen LogP contribution in [0, 0.1) is 0 Å². The first-order valence-electron chi connectivity index (χ1n) is 2.87. The van der Waals surface area contributed by atoms with Crippen LogP contribution in [0.5, 0.6) is 0 Å². The van der Waals surface area contributed by atoms with Crippen LogP contribution in [-0.2, 0) is 0 Å². The van der Waals surface area contributed by atoms with E-state index in [2.05, 4.69) is 4.98 Å². The van der Waals surface area contributed by atoms with Gasteiger partial charge in [0.15, 0.2) is 0 Å². The fraction of sp³-hybridized carbons (Fsp3) is 0.286. The van der Waals surface area contributed by atoms with Crippen molar-refractivity contribution in [3.05, 3.63) is 24.4 Å². The van der Waals surface area contributed by atoms with Crippen molar-refractivity contribution in [2.24, 2.45) is 0 Å². The van der Waals surface area contributed by atoms with Crippen LogP contribution in [0.25, 0.3) is 5.57 Å². The summed E-state index contributed by atoms with van der Waals surface area (Å²) in [6.07, 6.45) is 5.18. The first-order chi connectivity index (χ1) is 4.34. The zero-order valence-electron chi connectivity index (χ0n) is 5.59. The Balaban J connectivity index is 2.90. The molecule has 0 saturated heterocycles. The van der Waals surface area contributed by atoms with E-state index in [-0.39, 0.29) is 0 Å². The number of rotatable bonds is 1. The van der Waals surface area contributed by atoms with Crippen LogP contribution in [0.2, 0.25) is 0 Å². The van der Waals surface area contributed by atoms with Crippen LogP contribution in [0.15, 0.2) is 23.0 Å². The van der Waals surface area contributed by atoms with Gasteiger partial charge in [0.1, 0.15) is 6.26 Å². The lowest BCUT2D eigenvalue weighted by atomic mass is 10.3. The van der Waals surface area contributed by atoms with Gasteiger partial charge in [0, 0.05) is 5.57 Å². The zero-order valence-corrected chi connectivity index (χ0v) is 5.59. The molecule has 0 radical (unpaired) electrons. The topological polar surface area (TPSA) is 26.0 Å². The molecule has 0 amide bonds. The van der Waals surface area contributed by atoms with Crippen molar-refractivity contribution < 1.29 is 4.42 Å². The average molecular weight is 123 g/mol. The Kier molecular flexibility index (Phi) is 1.68. The predicted octanol–water partition coefficient (Wildman–Crippen LogP) is 2.10. The Hall–Kier alpha value is -1.05. The Morgan fingerprint density at radius 1 is 1.78 bits per heavy atom. The van der Waals surface area contributed by atoms with Crippen LogP contribution < -0.4 is 0 Å². The molecule has 0 spiro atoms. The van der Waals surface area contributed by atoms with Gasteiger partial charge in [-0.05, 0) is 13.8 Å². The van der Waals surface area contributed by atoms with Crippen molar-refractivity contribution in [3.63, 3.8) is 0 Å². The third-order valence-corrected chi connectivity index (χ3v) is 1.20. The Morgan fingerprint density at radius 2 is 2.56 bits per heavy atom. The Labute approximate surface area is 54.2 Å². The molecular weight excluding hydrogens is 114 g/mol. The Morgan fingerprint density at radius 3 is 3.00 bits per heavy atom. The number of hydrogen-bond donors (Lipinski definition) is 0. The molecule has 1 aromatic heterocycles. The zero-order chi connectivity index (χ0) is 6.69. The second-order valence-electron chi connectivity index (χ2n) is 1.81. The normalized spacial score (nSPS) is 12.0. The fourth-order valence-electron chi connectivity index (χ4n) is 0.542. The highest BCUT2D eigenvalue weighted by atomic mass is 16.3. The highest BCUT2D eigenvalue weighted by molar-refractivity contribution is 5.54. The van der Waals surface area contributed by atoms with Gasteiger partial charge in [-0.15, -0.1) is 0 Å². The van der Waals surface area contributed by atoms with Crippen LogP contribution in [0.3, 0.4) is 0 Å². The van der Waals surface area contributed by atoms with E-state index in [1.54, 1.807) is 12.5 Å². The highest BCUT2D eigenvalue weighted by Gasteiger charge is 1.95. The summed E-state index contributed by atoms with van der Waals surface area (Å²) in [5.41, 5.74) is 1.07. The Bertz CT molecular complexity index is 199. The SMILES string of the molecule is C/C=C(\C)c1ncco1. The molecule has 1 aromatic rings. The van der Waals surface area contributed by atoms with E-state index < -0.39 is 0 Å². The molecule has 0 bridgehead atoms. The predicted molar refractivity (Wildman–Crippen MR) is 35.8 cm³/mol. The number of aromatic nitrogens is 1. The molecule has 0 saturated carbocycles. The molecule has 9 heavy (non-hydrogen) atoms. The van der Waals surface area contributed by atoms with Gasteiger partial charge in [0.25, 0.3) is 0 Å². The molecule has 0 unspecified atom stereocenters. The van der Waals surface area contributed by atoms with Crippen LogP contribution in [-0.4, -0.2) is 4.98 Å². The standard InChI is InChI=1S/C7H9NO/c1-3-6(2)7-8-4-5-9-7/h3-5H,1-2H3/b6-3+. The number of nitrogens with zero attached hydrogens (tertiary/aromatic N) is 1. The third-order valence-electron chi connectivity index (χ3n) is 1.20. The molecule has 48 valence electrons. The van der Waals surface area contributed by atoms with Gasteiger partial charge in [-0.25, -0.2) is 4.98 Å². The largest absolute Gasteiger partial charge is 0.445 e. The number of oxazole rings is 1. The molecule has 0 aromatic carbocycles. The first-order valence-corrected chi connectivity index (χ1v) is 2.87. The lowest BCUT2D eigenvalue weighted by molar-refractivity contribution is 0.541. The van der Waals surface area contributed by atoms with Crippen LogP contribution in [0.4, 0.5) is 0 Å². The minimum absolute atomic E-state index is 0.706. The fourth-order valence-corrected chi connectivity index (χ4v) is 0.542. The van der Waals surface area contributed by atoms with Gasteiger partial charge in [0.2, 0.25) is 5.89 Å². The quantitative estimate of drug-likeness (QED) is 0.571. The smallest absolute Gasteiger partial charge is 0.221 e. The van der Waals surface area contributed by atoms with Gasteiger partial charge < -0.3 is 4.42 Å². The van der Waals surface area contributed by atoms with E-state index in [0.717, 1.165) is 5.57 Å². The maximum Gasteiger partial charge on any atom is 0.221 e. The first kappa shape index (κ1) is 6.08. The second kappa shape index (κ2) is 2.49. The summed E-state index contributed by atoms with van der Waals surface area (Å²) in [6, 6.07) is 0. The van der Waals surface area contributed by atoms with Crippen molar-refractivity contribution in [3.8, 4) is 0 Å². The van der Waals surface area contributed by atoms with E-state index in [1.807, 2.05) is 19.9 Å². The van der Waals surface area contributed by atoms with Gasteiger partial charge >= 0.3 is 0 Å². The van der Waals surface area contributed by atoms with Gasteiger partial charge in [-0.1, -0.05) is 6.08 Å². The summed E-state index contributed by atoms with van der Waals surface area (Å²) in [6.45, 7) is 3.92. The van der Waals surface area contributed by atoms with Crippen molar-refractivity contribution in [2.45, 2.75) is 13.8 Å². The minimum atomic E-state index is 0.706. The van der Waals surface area contributed by atoms with Gasteiger partial charge in [0.05, 0.1) is 6.20 Å². The van der Waals surface area contributed by atoms with Crippen molar-refractivity contribution >= 4 is 5.57 Å². The molecule has 0 aliphatic heterocycles. The number of hydrogen-bond acceptors (Lipinski definition) is 2. The molecule has 0 atom stereocenters. The number of allylic oxidation sites excluding steroid dienone is 2. The average Bonchev–Trinajstić information content (AvgIpc) is 2.37. The van der Waals surface area contributed by atoms with Crippen LogP contribution in [0.1, 0.15) is 19.7 Å². The summed E-state index contributed by atoms with van der Waals surface area (Å²) in [4.78, 5) is 3.95. The van der Waals surface area contributed by atoms with Crippen molar-refractivity contribution in [1.82, 2.24) is 4.98 Å². The lowest BCUT2D eigenvalue weighted by Crippen LogP contribution is -1.74. The molecule has 2 heteroatoms. The molecule has 1 heterocycles. The molecule has 0 N–H and O–H groups in total. The summed E-state index contributed by atoms with van der Waals surface area (Å²) < 4.78 is 5.01. The second-order valence-corrected chi connectivity index (χ2v) is 1.81. The van der Waals surface area contributed by atoms with Crippen molar-refractivity contribution in [2.75, 3.05) is 0 Å². The molecule has 0 aliphatic rings. The highest BCUT2D eigenvalue weighted by Crippen LogP contribution is 2.08. The summed E-state index contributed by atoms with van der Waals surface area (Å²) in [7, 11) is 0. The maximum absolute atomic E-state index is 5.01. The maximum atomic E-state index is 5.01. The summed E-state index contributed by atoms with van der Waals surface area (Å²) in [5.74, 6) is 0.706. The molecular formula is C7H9NO. The molecule has 2 nitrogen and oxygen atoms in total. The minimum Gasteiger partial charge on any atom is -0.445 e. The summed E-state index contributed by atoms with van der Waals surface area (Å²) >= 11 is 0. The van der Waals surface area contributed by atoms with E-state index in [1.165, 1.54) is 0 Å². The third kappa shape index (κ3) is 1.19. The molecule has 0 aliphatic carbocycles.